The molecule has 6 atom stereocenters. The molecule has 11 heteroatoms. The number of anilines is 1. The van der Waals surface area contributed by atoms with E-state index in [1.165, 1.54) is 11.3 Å². The molecule has 0 bridgehead atoms. The lowest BCUT2D eigenvalue weighted by Gasteiger charge is -2.53. The second-order valence-corrected chi connectivity index (χ2v) is 11.8. The highest BCUT2D eigenvalue weighted by Crippen LogP contribution is 2.54. The van der Waals surface area contributed by atoms with Crippen LogP contribution in [-0.4, -0.2) is 88.7 Å². The van der Waals surface area contributed by atoms with Gasteiger partial charge in [0.2, 0.25) is 5.91 Å². The summed E-state index contributed by atoms with van der Waals surface area (Å²) in [6.45, 7) is 0. The zero-order valence-corrected chi connectivity index (χ0v) is 22.3. The van der Waals surface area contributed by atoms with E-state index in [1.807, 2.05) is 42.6 Å². The van der Waals surface area contributed by atoms with E-state index in [4.69, 9.17) is 5.73 Å². The molecular formula is C27H31N3O7S. The lowest BCUT2D eigenvalue weighted by molar-refractivity contribution is -0.178. The molecule has 3 aliphatic rings. The van der Waals surface area contributed by atoms with Crippen LogP contribution in [-0.2, 0) is 16.0 Å². The maximum Gasteiger partial charge on any atom is 0.230 e. The number of primary amides is 1. The van der Waals surface area contributed by atoms with Crippen LogP contribution < -0.4 is 10.6 Å². The monoisotopic (exact) mass is 541 g/mol. The highest BCUT2D eigenvalue weighted by atomic mass is 32.1. The summed E-state index contributed by atoms with van der Waals surface area (Å²) in [5, 5.41) is 47.4. The Bertz CT molecular complexity index is 1380. The number of hydrogen-bond donors (Lipinski definition) is 5. The van der Waals surface area contributed by atoms with Crippen molar-refractivity contribution < 1.29 is 34.8 Å². The molecule has 5 rings (SSSR count). The van der Waals surface area contributed by atoms with Crippen LogP contribution >= 0.6 is 11.3 Å². The highest BCUT2D eigenvalue weighted by molar-refractivity contribution is 7.13. The van der Waals surface area contributed by atoms with Gasteiger partial charge in [-0.3, -0.25) is 14.4 Å². The van der Waals surface area contributed by atoms with Crippen molar-refractivity contribution in [2.24, 2.45) is 23.5 Å². The van der Waals surface area contributed by atoms with Crippen molar-refractivity contribution in [3.63, 3.8) is 0 Å². The fraction of sp³-hybridized carbons (Fsp3) is 0.444. The number of benzene rings is 1. The van der Waals surface area contributed by atoms with Gasteiger partial charge in [-0.05, 0) is 55.9 Å². The predicted molar refractivity (Wildman–Crippen MR) is 141 cm³/mol. The number of nitrogens with two attached hydrogens (primary N) is 1. The molecule has 202 valence electrons. The van der Waals surface area contributed by atoms with E-state index in [1.54, 1.807) is 19.0 Å². The second kappa shape index (κ2) is 8.91. The molecule has 1 fully saturated rings. The minimum absolute atomic E-state index is 0.0124. The number of ketones is 2. The van der Waals surface area contributed by atoms with Crippen LogP contribution in [0.2, 0.25) is 0 Å². The van der Waals surface area contributed by atoms with Crippen LogP contribution in [0, 0.1) is 17.8 Å². The molecule has 3 aliphatic carbocycles. The Kier molecular flexibility index (Phi) is 6.18. The maximum atomic E-state index is 14.0. The summed E-state index contributed by atoms with van der Waals surface area (Å²) < 4.78 is 0. The van der Waals surface area contributed by atoms with Crippen molar-refractivity contribution in [1.82, 2.24) is 4.90 Å². The summed E-state index contributed by atoms with van der Waals surface area (Å²) in [5.41, 5.74) is 4.47. The van der Waals surface area contributed by atoms with Crippen LogP contribution in [0.25, 0.3) is 10.4 Å². The van der Waals surface area contributed by atoms with Gasteiger partial charge in [0.05, 0.1) is 11.7 Å². The van der Waals surface area contributed by atoms with Crippen molar-refractivity contribution in [3.05, 3.63) is 46.0 Å². The van der Waals surface area contributed by atoms with Gasteiger partial charge in [-0.25, -0.2) is 0 Å². The third-order valence-electron chi connectivity index (χ3n) is 8.34. The van der Waals surface area contributed by atoms with Gasteiger partial charge in [0.15, 0.2) is 17.2 Å². The number of amides is 1. The number of aliphatic hydroxyl groups is 3. The van der Waals surface area contributed by atoms with Gasteiger partial charge in [0, 0.05) is 47.8 Å². The quantitative estimate of drug-likeness (QED) is 0.356. The highest BCUT2D eigenvalue weighted by Gasteiger charge is 2.66. The van der Waals surface area contributed by atoms with Crippen molar-refractivity contribution >= 4 is 34.5 Å². The van der Waals surface area contributed by atoms with E-state index in [2.05, 4.69) is 0 Å². The Hall–Kier alpha value is -3.25. The number of Topliss-reactive ketones (excluding diaryl/α,β-unsaturated/α-hetero) is 2. The standard InChI is InChI=1S/C27H31N3O7S/c1-29(2)15-10-13(16-6-5-7-38-16)21(31)18-12(15)8-11-9-14-20(30(3)4)23(33)19(26(28)36)25(35)27(14,37)24(34)17(11)22(18)32/h5-7,10-11,14,19-20,23,31,33-34,37H,8-9H2,1-4H3,(H2,28,36)/t11-,14-,19?,20-,23?,27-/m0/s1. The average Bonchev–Trinajstić information content (AvgIpc) is 3.35. The van der Waals surface area contributed by atoms with Gasteiger partial charge in [-0.1, -0.05) is 6.07 Å². The van der Waals surface area contributed by atoms with Crippen molar-refractivity contribution in [1.29, 1.82) is 0 Å². The molecule has 0 spiro atoms. The Labute approximate surface area is 223 Å². The smallest absolute Gasteiger partial charge is 0.230 e. The number of aromatic hydroxyl groups is 1. The molecule has 1 aromatic carbocycles. The number of likely N-dealkylation sites (N-methyl/N-ethyl adjacent to an activating group) is 1. The first kappa shape index (κ1) is 26.4. The molecule has 2 unspecified atom stereocenters. The number of carbonyl (C=O) groups is 3. The van der Waals surface area contributed by atoms with Gasteiger partial charge in [0.25, 0.3) is 0 Å². The molecule has 1 saturated carbocycles. The molecule has 1 amide bonds. The predicted octanol–water partition coefficient (Wildman–Crippen LogP) is 1.08. The number of phenols is 1. The van der Waals surface area contributed by atoms with E-state index in [-0.39, 0.29) is 29.7 Å². The van der Waals surface area contributed by atoms with Crippen LogP contribution in [0.3, 0.4) is 0 Å². The third kappa shape index (κ3) is 3.46. The summed E-state index contributed by atoms with van der Waals surface area (Å²) in [7, 11) is 6.93. The third-order valence-corrected chi connectivity index (χ3v) is 9.24. The summed E-state index contributed by atoms with van der Waals surface area (Å²) in [4.78, 5) is 43.9. The van der Waals surface area contributed by atoms with E-state index >= 15 is 0 Å². The normalized spacial score (nSPS) is 30.7. The summed E-state index contributed by atoms with van der Waals surface area (Å²) in [6, 6.07) is 4.58. The Morgan fingerprint density at radius 3 is 2.42 bits per heavy atom. The molecule has 2 aromatic rings. The van der Waals surface area contributed by atoms with Crippen molar-refractivity contribution in [3.8, 4) is 16.2 Å². The molecule has 0 saturated heterocycles. The number of aliphatic hydroxyl groups excluding tert-OH is 2. The van der Waals surface area contributed by atoms with Crippen LogP contribution in [0.15, 0.2) is 34.9 Å². The molecule has 10 nitrogen and oxygen atoms in total. The minimum atomic E-state index is -2.60. The Balaban J connectivity index is 1.74. The number of phenolic OH excluding ortho intramolecular Hbond substituents is 1. The number of thiophene rings is 1. The van der Waals surface area contributed by atoms with E-state index in [0.29, 0.717) is 11.1 Å². The molecule has 1 heterocycles. The van der Waals surface area contributed by atoms with Crippen molar-refractivity contribution in [2.45, 2.75) is 30.6 Å². The van der Waals surface area contributed by atoms with E-state index in [0.717, 1.165) is 10.6 Å². The summed E-state index contributed by atoms with van der Waals surface area (Å²) in [6.07, 6.45) is -1.17. The number of allylic oxidation sites excluding steroid dienone is 1. The van der Waals surface area contributed by atoms with Gasteiger partial charge in [-0.2, -0.15) is 0 Å². The van der Waals surface area contributed by atoms with Gasteiger partial charge < -0.3 is 36.0 Å². The van der Waals surface area contributed by atoms with Crippen LogP contribution in [0.5, 0.6) is 5.75 Å². The summed E-state index contributed by atoms with van der Waals surface area (Å²) in [5.74, 6) is -7.40. The second-order valence-electron chi connectivity index (χ2n) is 10.8. The first-order chi connectivity index (χ1) is 17.8. The number of carbonyl (C=O) groups excluding carboxylic acids is 3. The zero-order valence-electron chi connectivity index (χ0n) is 21.5. The van der Waals surface area contributed by atoms with Gasteiger partial charge in [-0.15, -0.1) is 11.3 Å². The minimum Gasteiger partial charge on any atom is -0.508 e. The van der Waals surface area contributed by atoms with Crippen LogP contribution in [0.1, 0.15) is 22.3 Å². The molecule has 6 N–H and O–H groups in total. The fourth-order valence-electron chi connectivity index (χ4n) is 6.67. The van der Waals surface area contributed by atoms with Crippen LogP contribution in [0.4, 0.5) is 5.69 Å². The molecule has 0 aliphatic heterocycles. The van der Waals surface area contributed by atoms with Crippen molar-refractivity contribution in [2.75, 3.05) is 33.1 Å². The Morgan fingerprint density at radius 1 is 1.18 bits per heavy atom. The van der Waals surface area contributed by atoms with E-state index < -0.39 is 58.7 Å². The number of hydrogen-bond acceptors (Lipinski definition) is 10. The number of fused-ring (bicyclic) bond motifs is 3. The molecular weight excluding hydrogens is 510 g/mol. The van der Waals surface area contributed by atoms with Gasteiger partial charge >= 0.3 is 0 Å². The maximum absolute atomic E-state index is 14.0. The molecule has 1 aromatic heterocycles. The van der Waals surface area contributed by atoms with Gasteiger partial charge in [0.1, 0.15) is 17.4 Å². The largest absolute Gasteiger partial charge is 0.508 e. The lowest BCUT2D eigenvalue weighted by Crippen LogP contribution is -2.71. The fourth-order valence-corrected chi connectivity index (χ4v) is 7.42. The topological polar surface area (TPSA) is 165 Å². The molecule has 38 heavy (non-hydrogen) atoms. The number of rotatable bonds is 4. The zero-order chi connectivity index (χ0) is 27.8. The van der Waals surface area contributed by atoms with E-state index in [9.17, 15) is 34.8 Å². The first-order valence-electron chi connectivity index (χ1n) is 12.3. The average molecular weight is 542 g/mol. The SMILES string of the molecule is CN(C)c1cc(-c2cccs2)c(O)c2c1C[C@H]1C[C@H]3[C@H](N(C)C)C(O)C(C(N)=O)C(=O)[C@@]3(O)C(O)=C1C2=O. The number of nitrogens with zero attached hydrogens (tertiary/aromatic N) is 2. The summed E-state index contributed by atoms with van der Waals surface area (Å²) >= 11 is 1.40. The Morgan fingerprint density at radius 2 is 1.87 bits per heavy atom. The molecule has 0 radical (unpaired) electrons. The lowest BCUT2D eigenvalue weighted by atomic mass is 9.56. The first-order valence-corrected chi connectivity index (χ1v) is 13.2.